The molecule has 0 aromatic heterocycles. The lowest BCUT2D eigenvalue weighted by Crippen LogP contribution is -2.26. The number of benzene rings is 1. The summed E-state index contributed by atoms with van der Waals surface area (Å²) in [5, 5.41) is 0. The van der Waals surface area contributed by atoms with Crippen LogP contribution in [0.1, 0.15) is 44.7 Å². The van der Waals surface area contributed by atoms with Crippen LogP contribution in [0.5, 0.6) is 5.75 Å². The number of hydrogen-bond acceptors (Lipinski definition) is 1. The van der Waals surface area contributed by atoms with Gasteiger partial charge in [0, 0.05) is 17.5 Å². The molecule has 1 aliphatic rings. The fourth-order valence-corrected chi connectivity index (χ4v) is 2.00. The molecule has 0 N–H and O–H groups in total. The van der Waals surface area contributed by atoms with Crippen LogP contribution >= 0.6 is 0 Å². The van der Waals surface area contributed by atoms with Crippen molar-refractivity contribution in [1.82, 2.24) is 0 Å². The monoisotopic (exact) mass is 214 g/mol. The van der Waals surface area contributed by atoms with E-state index in [0.29, 0.717) is 0 Å². The zero-order valence-corrected chi connectivity index (χ0v) is 10.3. The molecule has 1 aromatic rings. The molecule has 0 spiro atoms. The highest BCUT2D eigenvalue weighted by Crippen LogP contribution is 2.38. The van der Waals surface area contributed by atoms with Gasteiger partial charge in [0.25, 0.3) is 0 Å². The third-order valence-corrected chi connectivity index (χ3v) is 3.10. The van der Waals surface area contributed by atoms with Gasteiger partial charge in [-0.25, -0.2) is 0 Å². The maximum Gasteiger partial charge on any atom is 0.123 e. The predicted molar refractivity (Wildman–Crippen MR) is 66.7 cm³/mol. The highest BCUT2D eigenvalue weighted by atomic mass is 16.5. The van der Waals surface area contributed by atoms with Gasteiger partial charge in [0.15, 0.2) is 0 Å². The molecule has 0 unspecified atom stereocenters. The van der Waals surface area contributed by atoms with E-state index in [0.717, 1.165) is 30.8 Å². The average Bonchev–Trinajstić information content (AvgIpc) is 2.26. The second-order valence-corrected chi connectivity index (χ2v) is 4.85. The maximum atomic E-state index is 5.67. The van der Waals surface area contributed by atoms with Crippen LogP contribution in [0.2, 0.25) is 0 Å². The SMILES string of the molecule is CCC#Cc1ccc2c(c1)C(C)(C)CCO2. The highest BCUT2D eigenvalue weighted by molar-refractivity contribution is 5.48. The molecule has 0 radical (unpaired) electrons. The van der Waals surface area contributed by atoms with Crippen molar-refractivity contribution >= 4 is 0 Å². The van der Waals surface area contributed by atoms with Gasteiger partial charge in [-0.1, -0.05) is 32.6 Å². The van der Waals surface area contributed by atoms with Gasteiger partial charge in [-0.05, 0) is 30.0 Å². The molecule has 0 aliphatic carbocycles. The second kappa shape index (κ2) is 4.22. The molecule has 0 bridgehead atoms. The normalized spacial score (nSPS) is 16.7. The largest absolute Gasteiger partial charge is 0.493 e. The quantitative estimate of drug-likeness (QED) is 0.600. The molecule has 1 heterocycles. The third-order valence-electron chi connectivity index (χ3n) is 3.10. The van der Waals surface area contributed by atoms with Gasteiger partial charge in [0.1, 0.15) is 5.75 Å². The molecule has 84 valence electrons. The summed E-state index contributed by atoms with van der Waals surface area (Å²) in [5.74, 6) is 7.31. The van der Waals surface area contributed by atoms with E-state index in [1.165, 1.54) is 5.56 Å². The van der Waals surface area contributed by atoms with Crippen LogP contribution in [0, 0.1) is 11.8 Å². The number of fused-ring (bicyclic) bond motifs is 1. The lowest BCUT2D eigenvalue weighted by molar-refractivity contribution is 0.234. The second-order valence-electron chi connectivity index (χ2n) is 4.85. The van der Waals surface area contributed by atoms with Gasteiger partial charge >= 0.3 is 0 Å². The minimum atomic E-state index is 0.206. The minimum Gasteiger partial charge on any atom is -0.493 e. The summed E-state index contributed by atoms with van der Waals surface area (Å²) >= 11 is 0. The minimum absolute atomic E-state index is 0.206. The first-order chi connectivity index (χ1) is 7.63. The predicted octanol–water partition coefficient (Wildman–Crippen LogP) is 3.51. The molecule has 0 atom stereocenters. The third kappa shape index (κ3) is 2.07. The molecular weight excluding hydrogens is 196 g/mol. The van der Waals surface area contributed by atoms with Crippen molar-refractivity contribution in [3.05, 3.63) is 29.3 Å². The van der Waals surface area contributed by atoms with Crippen molar-refractivity contribution < 1.29 is 4.74 Å². The average molecular weight is 214 g/mol. The Morgan fingerprint density at radius 2 is 2.19 bits per heavy atom. The number of rotatable bonds is 0. The number of hydrogen-bond donors (Lipinski definition) is 0. The van der Waals surface area contributed by atoms with Crippen molar-refractivity contribution in [2.75, 3.05) is 6.61 Å². The smallest absolute Gasteiger partial charge is 0.123 e. The molecule has 0 fully saturated rings. The van der Waals surface area contributed by atoms with Crippen LogP contribution in [0.25, 0.3) is 0 Å². The molecule has 1 nitrogen and oxygen atoms in total. The van der Waals surface area contributed by atoms with Crippen LogP contribution in [0.15, 0.2) is 18.2 Å². The van der Waals surface area contributed by atoms with E-state index in [4.69, 9.17) is 4.74 Å². The Bertz CT molecular complexity index is 446. The van der Waals surface area contributed by atoms with E-state index in [1.807, 2.05) is 6.07 Å². The summed E-state index contributed by atoms with van der Waals surface area (Å²) in [6, 6.07) is 6.27. The van der Waals surface area contributed by atoms with Crippen LogP contribution in [-0.2, 0) is 5.41 Å². The fraction of sp³-hybridized carbons (Fsp3) is 0.467. The van der Waals surface area contributed by atoms with Crippen LogP contribution in [-0.4, -0.2) is 6.61 Å². The Morgan fingerprint density at radius 3 is 2.94 bits per heavy atom. The Morgan fingerprint density at radius 1 is 1.38 bits per heavy atom. The Balaban J connectivity index is 2.43. The summed E-state index contributed by atoms with van der Waals surface area (Å²) < 4.78 is 5.67. The van der Waals surface area contributed by atoms with Crippen LogP contribution < -0.4 is 4.74 Å². The topological polar surface area (TPSA) is 9.23 Å². The van der Waals surface area contributed by atoms with E-state index < -0.39 is 0 Å². The summed E-state index contributed by atoms with van der Waals surface area (Å²) in [6.07, 6.45) is 1.97. The van der Waals surface area contributed by atoms with Gasteiger partial charge in [0.05, 0.1) is 6.61 Å². The molecule has 0 amide bonds. The van der Waals surface area contributed by atoms with Gasteiger partial charge in [-0.15, -0.1) is 0 Å². The molecular formula is C15H18O. The van der Waals surface area contributed by atoms with E-state index in [1.54, 1.807) is 0 Å². The summed E-state index contributed by atoms with van der Waals surface area (Å²) in [7, 11) is 0. The molecule has 16 heavy (non-hydrogen) atoms. The summed E-state index contributed by atoms with van der Waals surface area (Å²) in [5.41, 5.74) is 2.60. The Kier molecular flexibility index (Phi) is 2.92. The zero-order valence-electron chi connectivity index (χ0n) is 10.3. The first-order valence-corrected chi connectivity index (χ1v) is 5.90. The van der Waals surface area contributed by atoms with Crippen molar-refractivity contribution in [1.29, 1.82) is 0 Å². The highest BCUT2D eigenvalue weighted by Gasteiger charge is 2.28. The molecule has 1 heteroatoms. The summed E-state index contributed by atoms with van der Waals surface area (Å²) in [6.45, 7) is 7.43. The summed E-state index contributed by atoms with van der Waals surface area (Å²) in [4.78, 5) is 0. The fourth-order valence-electron chi connectivity index (χ4n) is 2.00. The van der Waals surface area contributed by atoms with Crippen molar-refractivity contribution in [2.45, 2.75) is 39.0 Å². The Labute approximate surface area is 97.8 Å². The first kappa shape index (κ1) is 11.1. The van der Waals surface area contributed by atoms with Crippen molar-refractivity contribution in [2.24, 2.45) is 0 Å². The Hall–Kier alpha value is -1.42. The van der Waals surface area contributed by atoms with E-state index in [2.05, 4.69) is 44.7 Å². The lowest BCUT2D eigenvalue weighted by atomic mass is 9.79. The first-order valence-electron chi connectivity index (χ1n) is 5.90. The van der Waals surface area contributed by atoms with E-state index in [9.17, 15) is 0 Å². The standard InChI is InChI=1S/C15H18O/c1-4-5-6-12-7-8-14-13(11-12)15(2,3)9-10-16-14/h7-8,11H,4,9-10H2,1-3H3. The van der Waals surface area contributed by atoms with Gasteiger partial charge in [-0.2, -0.15) is 0 Å². The number of ether oxygens (including phenoxy) is 1. The van der Waals surface area contributed by atoms with Crippen LogP contribution in [0.4, 0.5) is 0 Å². The zero-order chi connectivity index (χ0) is 11.6. The van der Waals surface area contributed by atoms with Gasteiger partial charge in [0.2, 0.25) is 0 Å². The molecule has 1 aromatic carbocycles. The van der Waals surface area contributed by atoms with Gasteiger partial charge in [-0.3, -0.25) is 0 Å². The maximum absolute atomic E-state index is 5.67. The lowest BCUT2D eigenvalue weighted by Gasteiger charge is -2.32. The molecule has 1 aliphatic heterocycles. The van der Waals surface area contributed by atoms with Crippen molar-refractivity contribution in [3.63, 3.8) is 0 Å². The van der Waals surface area contributed by atoms with Crippen LogP contribution in [0.3, 0.4) is 0 Å². The van der Waals surface area contributed by atoms with E-state index >= 15 is 0 Å². The molecule has 0 saturated heterocycles. The van der Waals surface area contributed by atoms with Crippen molar-refractivity contribution in [3.8, 4) is 17.6 Å². The molecule has 0 saturated carbocycles. The molecule has 2 rings (SSSR count). The van der Waals surface area contributed by atoms with Gasteiger partial charge < -0.3 is 4.74 Å². The van der Waals surface area contributed by atoms with E-state index in [-0.39, 0.29) is 5.41 Å².